The van der Waals surface area contributed by atoms with E-state index in [0.29, 0.717) is 24.5 Å². The van der Waals surface area contributed by atoms with Crippen molar-refractivity contribution >= 4 is 11.6 Å². The molecule has 0 saturated heterocycles. The van der Waals surface area contributed by atoms with Crippen LogP contribution in [0.5, 0.6) is 0 Å². The third-order valence-electron chi connectivity index (χ3n) is 2.93. The van der Waals surface area contributed by atoms with Crippen LogP contribution in [0.3, 0.4) is 0 Å². The SMILES string of the molecule is CCCC(C/C=C/C(=O)C(C)C)CC(=O)CC. The lowest BCUT2D eigenvalue weighted by molar-refractivity contribution is -0.119. The molecule has 0 bridgehead atoms. The minimum atomic E-state index is 0.0631. The van der Waals surface area contributed by atoms with Gasteiger partial charge in [-0.05, 0) is 24.8 Å². The maximum atomic E-state index is 11.4. The molecule has 0 rings (SSSR count). The zero-order valence-corrected chi connectivity index (χ0v) is 11.7. The number of hydrogen-bond acceptors (Lipinski definition) is 2. The first kappa shape index (κ1) is 16.1. The van der Waals surface area contributed by atoms with Gasteiger partial charge in [0, 0.05) is 18.8 Å². The van der Waals surface area contributed by atoms with Gasteiger partial charge in [-0.1, -0.05) is 40.2 Å². The van der Waals surface area contributed by atoms with E-state index >= 15 is 0 Å². The highest BCUT2D eigenvalue weighted by Gasteiger charge is 2.11. The Balaban J connectivity index is 4.16. The van der Waals surface area contributed by atoms with Gasteiger partial charge in [-0.25, -0.2) is 0 Å². The molecule has 0 amide bonds. The van der Waals surface area contributed by atoms with Gasteiger partial charge >= 0.3 is 0 Å². The predicted octanol–water partition coefficient (Wildman–Crippen LogP) is 3.94. The molecule has 0 N–H and O–H groups in total. The lowest BCUT2D eigenvalue weighted by Gasteiger charge is -2.12. The van der Waals surface area contributed by atoms with Crippen molar-refractivity contribution in [3.8, 4) is 0 Å². The molecule has 2 nitrogen and oxygen atoms in total. The molecule has 2 heteroatoms. The number of rotatable bonds is 9. The van der Waals surface area contributed by atoms with Gasteiger partial charge in [0.15, 0.2) is 5.78 Å². The zero-order chi connectivity index (χ0) is 13.3. The van der Waals surface area contributed by atoms with Crippen LogP contribution in [0.15, 0.2) is 12.2 Å². The van der Waals surface area contributed by atoms with Crippen LogP contribution in [0.25, 0.3) is 0 Å². The van der Waals surface area contributed by atoms with Gasteiger partial charge in [0.25, 0.3) is 0 Å². The summed E-state index contributed by atoms with van der Waals surface area (Å²) in [5.41, 5.74) is 0. The first-order valence-electron chi connectivity index (χ1n) is 6.73. The summed E-state index contributed by atoms with van der Waals surface area (Å²) in [4.78, 5) is 22.8. The monoisotopic (exact) mass is 238 g/mol. The Hall–Kier alpha value is -0.920. The number of ketones is 2. The summed E-state index contributed by atoms with van der Waals surface area (Å²) in [5.74, 6) is 0.964. The standard InChI is InChI=1S/C15H26O2/c1-5-8-13(11-14(16)6-2)9-7-10-15(17)12(3)4/h7,10,12-13H,5-6,8-9,11H2,1-4H3/b10-7+. The molecule has 0 aliphatic rings. The van der Waals surface area contributed by atoms with Crippen molar-refractivity contribution < 1.29 is 9.59 Å². The van der Waals surface area contributed by atoms with Crippen molar-refractivity contribution in [1.82, 2.24) is 0 Å². The molecule has 1 unspecified atom stereocenters. The second kappa shape index (κ2) is 9.15. The third-order valence-corrected chi connectivity index (χ3v) is 2.93. The molecule has 0 aromatic rings. The van der Waals surface area contributed by atoms with E-state index in [1.807, 2.05) is 26.8 Å². The van der Waals surface area contributed by atoms with E-state index in [1.54, 1.807) is 6.08 Å². The molecule has 0 aromatic heterocycles. The van der Waals surface area contributed by atoms with Crippen LogP contribution >= 0.6 is 0 Å². The summed E-state index contributed by atoms with van der Waals surface area (Å²) in [6, 6.07) is 0. The van der Waals surface area contributed by atoms with Crippen LogP contribution < -0.4 is 0 Å². The number of carbonyl (C=O) groups is 2. The Bertz CT molecular complexity index is 264. The second-order valence-electron chi connectivity index (χ2n) is 4.95. The molecule has 98 valence electrons. The van der Waals surface area contributed by atoms with Crippen molar-refractivity contribution in [2.75, 3.05) is 0 Å². The number of hydrogen-bond donors (Lipinski definition) is 0. The van der Waals surface area contributed by atoms with E-state index < -0.39 is 0 Å². The highest BCUT2D eigenvalue weighted by molar-refractivity contribution is 5.91. The van der Waals surface area contributed by atoms with Crippen molar-refractivity contribution in [2.45, 2.75) is 59.8 Å². The topological polar surface area (TPSA) is 34.1 Å². The maximum absolute atomic E-state index is 11.4. The van der Waals surface area contributed by atoms with Crippen LogP contribution in [-0.4, -0.2) is 11.6 Å². The van der Waals surface area contributed by atoms with Crippen LogP contribution in [0, 0.1) is 11.8 Å². The van der Waals surface area contributed by atoms with Gasteiger partial charge in [0.1, 0.15) is 5.78 Å². The number of allylic oxidation sites excluding steroid dienone is 2. The summed E-state index contributed by atoms with van der Waals surface area (Å²) in [6.07, 6.45) is 7.88. The molecule has 0 aromatic carbocycles. The molecule has 0 saturated carbocycles. The van der Waals surface area contributed by atoms with Gasteiger partial charge in [0.2, 0.25) is 0 Å². The van der Waals surface area contributed by atoms with Crippen molar-refractivity contribution in [3.63, 3.8) is 0 Å². The normalized spacial score (nSPS) is 13.2. The molecular formula is C15H26O2. The summed E-state index contributed by atoms with van der Waals surface area (Å²) in [5, 5.41) is 0. The van der Waals surface area contributed by atoms with E-state index in [0.717, 1.165) is 19.3 Å². The molecule has 0 heterocycles. The smallest absolute Gasteiger partial charge is 0.157 e. The van der Waals surface area contributed by atoms with E-state index in [9.17, 15) is 9.59 Å². The van der Waals surface area contributed by atoms with Gasteiger partial charge in [-0.2, -0.15) is 0 Å². The second-order valence-corrected chi connectivity index (χ2v) is 4.95. The molecule has 0 aliphatic heterocycles. The van der Waals surface area contributed by atoms with E-state index in [2.05, 4.69) is 6.92 Å². The Morgan fingerprint density at radius 1 is 1.18 bits per heavy atom. The zero-order valence-electron chi connectivity index (χ0n) is 11.7. The fourth-order valence-corrected chi connectivity index (χ4v) is 1.75. The first-order chi connectivity index (χ1) is 8.01. The van der Waals surface area contributed by atoms with Gasteiger partial charge in [-0.15, -0.1) is 0 Å². The highest BCUT2D eigenvalue weighted by atomic mass is 16.1. The fraction of sp³-hybridized carbons (Fsp3) is 0.733. The van der Waals surface area contributed by atoms with Gasteiger partial charge in [0.05, 0.1) is 0 Å². The molecule has 1 atom stereocenters. The molecule has 17 heavy (non-hydrogen) atoms. The lowest BCUT2D eigenvalue weighted by atomic mass is 9.92. The van der Waals surface area contributed by atoms with E-state index in [-0.39, 0.29) is 11.7 Å². The Kier molecular flexibility index (Phi) is 8.65. The average Bonchev–Trinajstić information content (AvgIpc) is 2.28. The Morgan fingerprint density at radius 2 is 1.82 bits per heavy atom. The minimum absolute atomic E-state index is 0.0631. The molecule has 0 aliphatic carbocycles. The largest absolute Gasteiger partial charge is 0.300 e. The summed E-state index contributed by atoms with van der Waals surface area (Å²) in [6.45, 7) is 7.84. The lowest BCUT2D eigenvalue weighted by Crippen LogP contribution is -2.07. The quantitative estimate of drug-likeness (QED) is 0.570. The van der Waals surface area contributed by atoms with Crippen molar-refractivity contribution in [1.29, 1.82) is 0 Å². The first-order valence-corrected chi connectivity index (χ1v) is 6.73. The van der Waals surface area contributed by atoms with Gasteiger partial charge in [-0.3, -0.25) is 9.59 Å². The molecule has 0 spiro atoms. The van der Waals surface area contributed by atoms with Crippen LogP contribution in [0.1, 0.15) is 59.8 Å². The molecular weight excluding hydrogens is 212 g/mol. The summed E-state index contributed by atoms with van der Waals surface area (Å²) < 4.78 is 0. The Morgan fingerprint density at radius 3 is 2.29 bits per heavy atom. The van der Waals surface area contributed by atoms with E-state index in [1.165, 1.54) is 0 Å². The Labute approximate surface area is 105 Å². The predicted molar refractivity (Wildman–Crippen MR) is 71.9 cm³/mol. The van der Waals surface area contributed by atoms with Crippen molar-refractivity contribution in [3.05, 3.63) is 12.2 Å². The number of carbonyl (C=O) groups excluding carboxylic acids is 2. The summed E-state index contributed by atoms with van der Waals surface area (Å²) >= 11 is 0. The molecule has 0 fully saturated rings. The van der Waals surface area contributed by atoms with Crippen LogP contribution in [0.2, 0.25) is 0 Å². The minimum Gasteiger partial charge on any atom is -0.300 e. The average molecular weight is 238 g/mol. The van der Waals surface area contributed by atoms with Crippen molar-refractivity contribution in [2.24, 2.45) is 11.8 Å². The summed E-state index contributed by atoms with van der Waals surface area (Å²) in [7, 11) is 0. The third kappa shape index (κ3) is 7.89. The van der Waals surface area contributed by atoms with Gasteiger partial charge < -0.3 is 0 Å². The van der Waals surface area contributed by atoms with Crippen LogP contribution in [0.4, 0.5) is 0 Å². The fourth-order valence-electron chi connectivity index (χ4n) is 1.75. The van der Waals surface area contributed by atoms with E-state index in [4.69, 9.17) is 0 Å². The maximum Gasteiger partial charge on any atom is 0.157 e. The van der Waals surface area contributed by atoms with Crippen LogP contribution in [-0.2, 0) is 9.59 Å². The molecule has 0 radical (unpaired) electrons. The number of Topliss-reactive ketones (excluding diaryl/α,β-unsaturated/α-hetero) is 1. The highest BCUT2D eigenvalue weighted by Crippen LogP contribution is 2.17.